The second-order valence-electron chi connectivity index (χ2n) is 4.11. The number of imide groups is 1. The summed E-state index contributed by atoms with van der Waals surface area (Å²) in [5.74, 6) is -0.473. The molecule has 0 fully saturated rings. The molecule has 0 bridgehead atoms. The Kier molecular flexibility index (Phi) is 2.52. The number of aryl methyl sites for hydroxylation is 1. The highest BCUT2D eigenvalue weighted by Crippen LogP contribution is 2.25. The van der Waals surface area contributed by atoms with Crippen molar-refractivity contribution in [3.63, 3.8) is 0 Å². The van der Waals surface area contributed by atoms with Gasteiger partial charge < -0.3 is 5.73 Å². The predicted octanol–water partition coefficient (Wildman–Crippen LogP) is 0.938. The maximum absolute atomic E-state index is 12.0. The number of fused-ring (bicyclic) bond motifs is 1. The monoisotopic (exact) mass is 218 g/mol. The fourth-order valence-corrected chi connectivity index (χ4v) is 1.88. The molecule has 0 radical (unpaired) electrons. The molecule has 0 aliphatic carbocycles. The number of nitrogens with zero attached hydrogens (tertiary/aromatic N) is 1. The normalized spacial score (nSPS) is 16.6. The number of hydrogen-bond acceptors (Lipinski definition) is 3. The van der Waals surface area contributed by atoms with E-state index in [1.165, 1.54) is 4.90 Å². The van der Waals surface area contributed by atoms with Gasteiger partial charge in [-0.25, -0.2) is 0 Å². The lowest BCUT2D eigenvalue weighted by atomic mass is 10.1. The van der Waals surface area contributed by atoms with Gasteiger partial charge in [0.2, 0.25) is 0 Å². The number of nitrogens with two attached hydrogens (primary N) is 1. The van der Waals surface area contributed by atoms with Crippen molar-refractivity contribution < 1.29 is 9.59 Å². The highest BCUT2D eigenvalue weighted by Gasteiger charge is 2.37. The Hall–Kier alpha value is -1.68. The molecule has 4 heteroatoms. The molecular formula is C12H14N2O2. The van der Waals surface area contributed by atoms with Crippen molar-refractivity contribution in [1.82, 2.24) is 4.90 Å². The van der Waals surface area contributed by atoms with Gasteiger partial charge in [-0.05, 0) is 26.0 Å². The van der Waals surface area contributed by atoms with Gasteiger partial charge in [-0.3, -0.25) is 14.5 Å². The van der Waals surface area contributed by atoms with Crippen LogP contribution < -0.4 is 5.73 Å². The Morgan fingerprint density at radius 3 is 2.50 bits per heavy atom. The molecule has 84 valence electrons. The van der Waals surface area contributed by atoms with Crippen LogP contribution in [0.15, 0.2) is 18.2 Å². The zero-order chi connectivity index (χ0) is 11.9. The summed E-state index contributed by atoms with van der Waals surface area (Å²) < 4.78 is 0. The lowest BCUT2D eigenvalue weighted by Gasteiger charge is -2.20. The van der Waals surface area contributed by atoms with E-state index < -0.39 is 0 Å². The van der Waals surface area contributed by atoms with Gasteiger partial charge in [0.25, 0.3) is 11.8 Å². The van der Waals surface area contributed by atoms with Crippen molar-refractivity contribution in [2.75, 3.05) is 6.54 Å². The fourth-order valence-electron chi connectivity index (χ4n) is 1.88. The van der Waals surface area contributed by atoms with Crippen LogP contribution in [0.5, 0.6) is 0 Å². The van der Waals surface area contributed by atoms with Crippen LogP contribution in [0.3, 0.4) is 0 Å². The third-order valence-corrected chi connectivity index (χ3v) is 2.86. The topological polar surface area (TPSA) is 63.4 Å². The summed E-state index contributed by atoms with van der Waals surface area (Å²) in [5, 5.41) is 0. The first-order chi connectivity index (χ1) is 7.56. The molecule has 2 amide bonds. The molecule has 0 saturated carbocycles. The van der Waals surface area contributed by atoms with Gasteiger partial charge in [0, 0.05) is 12.6 Å². The van der Waals surface area contributed by atoms with Crippen LogP contribution in [0.1, 0.15) is 33.2 Å². The van der Waals surface area contributed by atoms with E-state index in [1.807, 2.05) is 13.0 Å². The van der Waals surface area contributed by atoms with Crippen LogP contribution in [0.4, 0.5) is 0 Å². The van der Waals surface area contributed by atoms with Crippen LogP contribution in [0, 0.1) is 6.92 Å². The summed E-state index contributed by atoms with van der Waals surface area (Å²) >= 11 is 0. The van der Waals surface area contributed by atoms with E-state index in [1.54, 1.807) is 19.1 Å². The molecule has 1 unspecified atom stereocenters. The second-order valence-corrected chi connectivity index (χ2v) is 4.11. The van der Waals surface area contributed by atoms with Crippen LogP contribution in [0.25, 0.3) is 0 Å². The van der Waals surface area contributed by atoms with E-state index in [2.05, 4.69) is 0 Å². The molecule has 1 atom stereocenters. The maximum atomic E-state index is 12.0. The number of amides is 2. The minimum Gasteiger partial charge on any atom is -0.328 e. The van der Waals surface area contributed by atoms with E-state index in [-0.39, 0.29) is 24.4 Å². The summed E-state index contributed by atoms with van der Waals surface area (Å²) in [6.07, 6.45) is 0. The summed E-state index contributed by atoms with van der Waals surface area (Å²) in [5.41, 5.74) is 7.44. The summed E-state index contributed by atoms with van der Waals surface area (Å²) in [4.78, 5) is 25.2. The lowest BCUT2D eigenvalue weighted by Crippen LogP contribution is -2.42. The minimum atomic E-state index is -0.257. The molecule has 1 aliphatic rings. The molecular weight excluding hydrogens is 204 g/mol. The largest absolute Gasteiger partial charge is 0.328 e. The van der Waals surface area contributed by atoms with Crippen molar-refractivity contribution in [2.45, 2.75) is 19.9 Å². The van der Waals surface area contributed by atoms with Crippen molar-refractivity contribution in [3.05, 3.63) is 34.9 Å². The van der Waals surface area contributed by atoms with Crippen LogP contribution >= 0.6 is 0 Å². The molecule has 2 N–H and O–H groups in total. The number of rotatable bonds is 2. The molecule has 1 aromatic rings. The molecule has 4 nitrogen and oxygen atoms in total. The molecule has 1 aliphatic heterocycles. The third-order valence-electron chi connectivity index (χ3n) is 2.86. The van der Waals surface area contributed by atoms with E-state index in [0.717, 1.165) is 5.56 Å². The lowest BCUT2D eigenvalue weighted by molar-refractivity contribution is 0.0602. The molecule has 1 heterocycles. The van der Waals surface area contributed by atoms with Crippen LogP contribution in [-0.4, -0.2) is 29.3 Å². The number of carbonyl (C=O) groups excluding carboxylic acids is 2. The summed E-state index contributed by atoms with van der Waals surface area (Å²) in [7, 11) is 0. The molecule has 2 rings (SSSR count). The molecule has 16 heavy (non-hydrogen) atoms. The van der Waals surface area contributed by atoms with Gasteiger partial charge in [0.15, 0.2) is 0 Å². The van der Waals surface area contributed by atoms with Gasteiger partial charge in [-0.1, -0.05) is 11.6 Å². The van der Waals surface area contributed by atoms with E-state index in [9.17, 15) is 9.59 Å². The van der Waals surface area contributed by atoms with Gasteiger partial charge in [0.1, 0.15) is 0 Å². The molecule has 1 aromatic carbocycles. The van der Waals surface area contributed by atoms with E-state index in [0.29, 0.717) is 11.1 Å². The zero-order valence-corrected chi connectivity index (χ0v) is 9.36. The quantitative estimate of drug-likeness (QED) is 0.751. The number of hydrogen-bond donors (Lipinski definition) is 1. The fraction of sp³-hybridized carbons (Fsp3) is 0.333. The van der Waals surface area contributed by atoms with Crippen molar-refractivity contribution in [1.29, 1.82) is 0 Å². The number of carbonyl (C=O) groups is 2. The van der Waals surface area contributed by atoms with Gasteiger partial charge >= 0.3 is 0 Å². The molecule has 0 aromatic heterocycles. The predicted molar refractivity (Wildman–Crippen MR) is 60.2 cm³/mol. The Labute approximate surface area is 94.0 Å². The van der Waals surface area contributed by atoms with Crippen molar-refractivity contribution >= 4 is 11.8 Å². The van der Waals surface area contributed by atoms with Crippen LogP contribution in [0.2, 0.25) is 0 Å². The summed E-state index contributed by atoms with van der Waals surface area (Å²) in [6.45, 7) is 3.95. The average molecular weight is 218 g/mol. The third kappa shape index (κ3) is 1.42. The molecule has 0 spiro atoms. The highest BCUT2D eigenvalue weighted by atomic mass is 16.2. The van der Waals surface area contributed by atoms with Crippen LogP contribution in [-0.2, 0) is 0 Å². The first-order valence-corrected chi connectivity index (χ1v) is 5.25. The standard InChI is InChI=1S/C12H14N2O2/c1-7-3-4-9-10(5-7)12(16)14(11(9)15)8(2)6-13/h3-5,8H,6,13H2,1-2H3. The summed E-state index contributed by atoms with van der Waals surface area (Å²) in [6, 6.07) is 5.03. The van der Waals surface area contributed by atoms with Gasteiger partial charge in [-0.2, -0.15) is 0 Å². The Morgan fingerprint density at radius 1 is 1.25 bits per heavy atom. The Morgan fingerprint density at radius 2 is 1.88 bits per heavy atom. The zero-order valence-electron chi connectivity index (χ0n) is 9.36. The Balaban J connectivity index is 2.48. The SMILES string of the molecule is Cc1ccc2c(c1)C(=O)N(C(C)CN)C2=O. The maximum Gasteiger partial charge on any atom is 0.261 e. The van der Waals surface area contributed by atoms with Gasteiger partial charge in [0.05, 0.1) is 11.1 Å². The van der Waals surface area contributed by atoms with Gasteiger partial charge in [-0.15, -0.1) is 0 Å². The average Bonchev–Trinajstić information content (AvgIpc) is 2.51. The molecule has 0 saturated heterocycles. The van der Waals surface area contributed by atoms with E-state index >= 15 is 0 Å². The van der Waals surface area contributed by atoms with E-state index in [4.69, 9.17) is 5.73 Å². The smallest absolute Gasteiger partial charge is 0.261 e. The number of benzene rings is 1. The first kappa shape index (κ1) is 10.8. The second kappa shape index (κ2) is 3.72. The Bertz CT molecular complexity index is 468. The van der Waals surface area contributed by atoms with Crippen molar-refractivity contribution in [2.24, 2.45) is 5.73 Å². The van der Waals surface area contributed by atoms with Crippen molar-refractivity contribution in [3.8, 4) is 0 Å². The minimum absolute atomic E-state index is 0.235. The first-order valence-electron chi connectivity index (χ1n) is 5.25. The highest BCUT2D eigenvalue weighted by molar-refractivity contribution is 6.21.